The van der Waals surface area contributed by atoms with Crippen molar-refractivity contribution in [2.24, 2.45) is 0 Å². The van der Waals surface area contributed by atoms with E-state index in [0.717, 1.165) is 22.8 Å². The van der Waals surface area contributed by atoms with Gasteiger partial charge in [0.2, 0.25) is 5.88 Å². The van der Waals surface area contributed by atoms with Crippen LogP contribution in [0, 0.1) is 25.2 Å². The molecule has 3 aromatic carbocycles. The summed E-state index contributed by atoms with van der Waals surface area (Å²) in [6, 6.07) is 26.0. The third kappa shape index (κ3) is 7.19. The Kier molecular flexibility index (Phi) is 9.45. The summed E-state index contributed by atoms with van der Waals surface area (Å²) >= 11 is 0. The molecule has 5 aromatic rings. The van der Waals surface area contributed by atoms with E-state index in [-0.39, 0.29) is 28.5 Å². The zero-order chi connectivity index (χ0) is 33.6. The number of hydrogen-bond acceptors (Lipinski definition) is 9. The molecule has 1 aliphatic rings. The molecule has 1 saturated heterocycles. The van der Waals surface area contributed by atoms with Gasteiger partial charge in [-0.1, -0.05) is 36.4 Å². The summed E-state index contributed by atoms with van der Waals surface area (Å²) in [7, 11) is 0. The van der Waals surface area contributed by atoms with E-state index < -0.39 is 5.97 Å². The number of nitrogens with zero attached hydrogens (tertiary/aromatic N) is 6. The van der Waals surface area contributed by atoms with Crippen molar-refractivity contribution >= 4 is 11.9 Å². The van der Waals surface area contributed by atoms with E-state index in [1.807, 2.05) is 44.3 Å². The number of para-hydroxylation sites is 2. The Hall–Kier alpha value is -5.99. The van der Waals surface area contributed by atoms with Crippen LogP contribution in [0.2, 0.25) is 0 Å². The maximum absolute atomic E-state index is 13.6. The molecule has 0 bridgehead atoms. The smallest absolute Gasteiger partial charge is 0.347 e. The first-order valence-electron chi connectivity index (χ1n) is 15.6. The van der Waals surface area contributed by atoms with Crippen LogP contribution >= 0.6 is 0 Å². The van der Waals surface area contributed by atoms with Gasteiger partial charge in [0.25, 0.3) is 5.91 Å². The first kappa shape index (κ1) is 32.0. The first-order chi connectivity index (χ1) is 23.3. The number of aryl methyl sites for hydroxylation is 2. The molecule has 3 heterocycles. The van der Waals surface area contributed by atoms with Gasteiger partial charge in [-0.25, -0.2) is 14.8 Å². The van der Waals surface area contributed by atoms with E-state index in [4.69, 9.17) is 9.47 Å². The number of phenols is 1. The van der Waals surface area contributed by atoms with Crippen LogP contribution in [0.1, 0.15) is 49.1 Å². The minimum Gasteiger partial charge on any atom is -0.507 e. The van der Waals surface area contributed by atoms with E-state index in [0.29, 0.717) is 56.5 Å². The maximum Gasteiger partial charge on any atom is 0.347 e. The molecule has 11 heteroatoms. The molecule has 0 radical (unpaired) electrons. The average Bonchev–Trinajstić information content (AvgIpc) is 3.43. The highest BCUT2D eigenvalue weighted by Crippen LogP contribution is 2.27. The Balaban J connectivity index is 1.10. The Morgan fingerprint density at radius 3 is 2.38 bits per heavy atom. The van der Waals surface area contributed by atoms with Gasteiger partial charge in [0.05, 0.1) is 16.8 Å². The highest BCUT2D eigenvalue weighted by molar-refractivity contribution is 5.99. The van der Waals surface area contributed by atoms with Crippen molar-refractivity contribution < 1.29 is 24.2 Å². The Morgan fingerprint density at radius 1 is 0.875 bits per heavy atom. The third-order valence-electron chi connectivity index (χ3n) is 8.21. The fraction of sp³-hybridized carbons (Fsp3) is 0.216. The van der Waals surface area contributed by atoms with Gasteiger partial charge in [-0.05, 0) is 61.9 Å². The standard InChI is InChI=1S/C37H34N6O5/c1-25-8-7-13-35(40-25)47-34-20-27(14-15-28(34)21-38)23-43-26(2)39-22-29(43)24-41-16-18-42(19-17-41)36(45)31-10-4-6-12-33(31)48-37(46)30-9-3-5-11-32(30)44/h3-15,20,22,44H,16-19,23-24H2,1-2H3. The number of imidazole rings is 1. The number of aromatic hydroxyl groups is 1. The molecule has 0 saturated carbocycles. The summed E-state index contributed by atoms with van der Waals surface area (Å²) < 4.78 is 13.7. The summed E-state index contributed by atoms with van der Waals surface area (Å²) in [6.07, 6.45) is 1.87. The summed E-state index contributed by atoms with van der Waals surface area (Å²) in [4.78, 5) is 39.3. The topological polar surface area (TPSA) is 134 Å². The molecule has 0 spiro atoms. The van der Waals surface area contributed by atoms with E-state index in [9.17, 15) is 20.0 Å². The number of piperazine rings is 1. The predicted molar refractivity (Wildman–Crippen MR) is 177 cm³/mol. The van der Waals surface area contributed by atoms with E-state index in [1.54, 1.807) is 53.4 Å². The largest absolute Gasteiger partial charge is 0.507 e. The minimum atomic E-state index is -0.738. The average molecular weight is 643 g/mol. The number of aromatic nitrogens is 3. The SMILES string of the molecule is Cc1cccc(Oc2cc(Cn3c(CN4CCN(C(=O)c5ccccc5OC(=O)c5ccccc5O)CC4)cnc3C)ccc2C#N)n1. The lowest BCUT2D eigenvalue weighted by atomic mass is 10.1. The molecule has 6 rings (SSSR count). The lowest BCUT2D eigenvalue weighted by Crippen LogP contribution is -2.48. The molecule has 1 aliphatic heterocycles. The van der Waals surface area contributed by atoms with Gasteiger partial charge >= 0.3 is 5.97 Å². The van der Waals surface area contributed by atoms with E-state index in [1.165, 1.54) is 12.1 Å². The first-order valence-corrected chi connectivity index (χ1v) is 15.6. The van der Waals surface area contributed by atoms with Gasteiger partial charge in [-0.2, -0.15) is 5.26 Å². The van der Waals surface area contributed by atoms with Crippen LogP contribution in [-0.4, -0.2) is 67.5 Å². The summed E-state index contributed by atoms with van der Waals surface area (Å²) in [5.41, 5.74) is 3.54. The summed E-state index contributed by atoms with van der Waals surface area (Å²) in [6.45, 7) is 7.32. The molecule has 11 nitrogen and oxygen atoms in total. The second kappa shape index (κ2) is 14.2. The zero-order valence-corrected chi connectivity index (χ0v) is 26.7. The molecule has 1 N–H and O–H groups in total. The number of carbonyl (C=O) groups excluding carboxylic acids is 2. The molecule has 242 valence electrons. The molecular formula is C37H34N6O5. The van der Waals surface area contributed by atoms with Crippen molar-refractivity contribution in [3.05, 3.63) is 131 Å². The van der Waals surface area contributed by atoms with Crippen molar-refractivity contribution in [3.8, 4) is 29.2 Å². The van der Waals surface area contributed by atoms with Crippen molar-refractivity contribution in [2.45, 2.75) is 26.9 Å². The van der Waals surface area contributed by atoms with Gasteiger partial charge in [0.15, 0.2) is 0 Å². The number of ether oxygens (including phenoxy) is 2. The molecule has 1 fully saturated rings. The second-order valence-corrected chi connectivity index (χ2v) is 11.5. The monoisotopic (exact) mass is 642 g/mol. The van der Waals surface area contributed by atoms with E-state index in [2.05, 4.69) is 25.5 Å². The van der Waals surface area contributed by atoms with Gasteiger partial charge in [-0.3, -0.25) is 9.69 Å². The molecule has 1 amide bonds. The molecule has 0 unspecified atom stereocenters. The number of rotatable bonds is 9. The zero-order valence-electron chi connectivity index (χ0n) is 26.7. The molecular weight excluding hydrogens is 608 g/mol. The summed E-state index contributed by atoms with van der Waals surface area (Å²) in [5.74, 6) is 0.727. The quantitative estimate of drug-likeness (QED) is 0.164. The molecule has 0 atom stereocenters. The van der Waals surface area contributed by atoms with Gasteiger partial charge in [-0.15, -0.1) is 0 Å². The van der Waals surface area contributed by atoms with Crippen molar-refractivity contribution in [2.75, 3.05) is 26.2 Å². The third-order valence-corrected chi connectivity index (χ3v) is 8.21. The van der Waals surface area contributed by atoms with Crippen LogP contribution in [0.3, 0.4) is 0 Å². The maximum atomic E-state index is 13.6. The number of hydrogen-bond donors (Lipinski definition) is 1. The van der Waals surface area contributed by atoms with Crippen molar-refractivity contribution in [3.63, 3.8) is 0 Å². The van der Waals surface area contributed by atoms with Crippen molar-refractivity contribution in [1.29, 1.82) is 5.26 Å². The highest BCUT2D eigenvalue weighted by Gasteiger charge is 2.26. The van der Waals surface area contributed by atoms with Crippen LogP contribution in [0.15, 0.2) is 91.1 Å². The van der Waals surface area contributed by atoms with Crippen LogP contribution in [-0.2, 0) is 13.1 Å². The van der Waals surface area contributed by atoms with Gasteiger partial charge in [0.1, 0.15) is 34.7 Å². The Bertz CT molecular complexity index is 2010. The normalized spacial score (nSPS) is 13.1. The Morgan fingerprint density at radius 2 is 1.62 bits per heavy atom. The van der Waals surface area contributed by atoms with Crippen molar-refractivity contribution in [1.82, 2.24) is 24.3 Å². The highest BCUT2D eigenvalue weighted by atomic mass is 16.5. The number of nitriles is 1. The Labute approximate surface area is 278 Å². The van der Waals surface area contributed by atoms with Gasteiger partial charge in [0, 0.05) is 57.2 Å². The minimum absolute atomic E-state index is 0.0235. The van der Waals surface area contributed by atoms with Crippen LogP contribution in [0.4, 0.5) is 0 Å². The van der Waals surface area contributed by atoms with Gasteiger partial charge < -0.3 is 24.0 Å². The number of benzene rings is 3. The van der Waals surface area contributed by atoms with Crippen LogP contribution < -0.4 is 9.47 Å². The summed E-state index contributed by atoms with van der Waals surface area (Å²) in [5, 5.41) is 19.7. The fourth-order valence-corrected chi connectivity index (χ4v) is 5.61. The lowest BCUT2D eigenvalue weighted by Gasteiger charge is -2.35. The predicted octanol–water partition coefficient (Wildman–Crippen LogP) is 5.49. The molecule has 2 aromatic heterocycles. The number of phenolic OH excluding ortho intramolecular Hbond substituents is 1. The fourth-order valence-electron chi connectivity index (χ4n) is 5.61. The number of pyridine rings is 1. The number of esters is 1. The number of carbonyl (C=O) groups is 2. The lowest BCUT2D eigenvalue weighted by molar-refractivity contribution is 0.0617. The molecule has 0 aliphatic carbocycles. The van der Waals surface area contributed by atoms with Crippen LogP contribution in [0.25, 0.3) is 0 Å². The van der Waals surface area contributed by atoms with Crippen LogP contribution in [0.5, 0.6) is 23.1 Å². The second-order valence-electron chi connectivity index (χ2n) is 11.5. The number of amides is 1. The van der Waals surface area contributed by atoms with E-state index >= 15 is 0 Å². The molecule has 48 heavy (non-hydrogen) atoms.